The van der Waals surface area contributed by atoms with Gasteiger partial charge in [0.2, 0.25) is 0 Å². The zero-order chi connectivity index (χ0) is 20.3. The average molecular weight is 384 g/mol. The van der Waals surface area contributed by atoms with Crippen LogP contribution < -0.4 is 10.6 Å². The van der Waals surface area contributed by atoms with Gasteiger partial charge < -0.3 is 20.8 Å². The summed E-state index contributed by atoms with van der Waals surface area (Å²) in [5, 5.41) is 24.6. The molecule has 0 amide bonds. The van der Waals surface area contributed by atoms with Gasteiger partial charge in [0.25, 0.3) is 0 Å². The third-order valence-corrected chi connectivity index (χ3v) is 3.86. The summed E-state index contributed by atoms with van der Waals surface area (Å²) in [7, 11) is 0. The van der Waals surface area contributed by atoms with Crippen LogP contribution in [0.5, 0.6) is 0 Å². The lowest BCUT2D eigenvalue weighted by Crippen LogP contribution is -2.09. The molecule has 142 valence electrons. The van der Waals surface area contributed by atoms with Gasteiger partial charge in [0.15, 0.2) is 0 Å². The summed E-state index contributed by atoms with van der Waals surface area (Å²) in [5.74, 6) is -3.50. The van der Waals surface area contributed by atoms with Gasteiger partial charge in [-0.2, -0.15) is 0 Å². The van der Waals surface area contributed by atoms with Crippen LogP contribution in [0.15, 0.2) is 60.7 Å². The first-order valence-electron chi connectivity index (χ1n) is 8.03. The van der Waals surface area contributed by atoms with Gasteiger partial charge in [0.1, 0.15) is 11.6 Å². The van der Waals surface area contributed by atoms with Crippen molar-refractivity contribution in [2.45, 2.75) is 0 Å². The molecule has 0 aromatic heterocycles. The Bertz CT molecular complexity index is 950. The molecular weight excluding hydrogens is 370 g/mol. The second kappa shape index (κ2) is 7.75. The molecule has 0 aliphatic rings. The Labute approximate surface area is 158 Å². The second-order valence-electron chi connectivity index (χ2n) is 5.82. The van der Waals surface area contributed by atoms with Crippen LogP contribution >= 0.6 is 0 Å². The summed E-state index contributed by atoms with van der Waals surface area (Å²) in [4.78, 5) is 23.3. The molecule has 0 fully saturated rings. The van der Waals surface area contributed by atoms with E-state index >= 15 is 0 Å². The Hall–Kier alpha value is -3.94. The van der Waals surface area contributed by atoms with Crippen molar-refractivity contribution in [1.82, 2.24) is 0 Å². The van der Waals surface area contributed by atoms with Gasteiger partial charge in [0, 0.05) is 11.4 Å². The van der Waals surface area contributed by atoms with E-state index in [1.54, 1.807) is 0 Å². The van der Waals surface area contributed by atoms with E-state index in [1.807, 2.05) is 0 Å². The zero-order valence-corrected chi connectivity index (χ0v) is 14.2. The Morgan fingerprint density at radius 1 is 0.643 bits per heavy atom. The van der Waals surface area contributed by atoms with Crippen LogP contribution in [0.4, 0.5) is 31.5 Å². The standard InChI is InChI=1S/C20H14F2N2O4/c21-11-1-5-13(6-2-11)23-17-9-16(20(27)28)18(10-15(17)19(25)26)24-14-7-3-12(22)4-8-14/h1-10,23-24H,(H,25,26)(H,27,28). The van der Waals surface area contributed by atoms with E-state index < -0.39 is 23.6 Å². The molecule has 3 rings (SSSR count). The molecule has 0 bridgehead atoms. The van der Waals surface area contributed by atoms with Crippen molar-refractivity contribution < 1.29 is 28.6 Å². The molecule has 0 atom stereocenters. The molecule has 0 saturated heterocycles. The number of carboxylic acid groups (broad SMARTS) is 2. The summed E-state index contributed by atoms with van der Waals surface area (Å²) < 4.78 is 26.1. The zero-order valence-electron chi connectivity index (χ0n) is 14.2. The molecule has 3 aromatic rings. The molecule has 0 aliphatic carbocycles. The van der Waals surface area contributed by atoms with Crippen molar-refractivity contribution in [3.05, 3.63) is 83.4 Å². The van der Waals surface area contributed by atoms with Crippen LogP contribution in [0, 0.1) is 11.6 Å². The van der Waals surface area contributed by atoms with E-state index in [9.17, 15) is 28.6 Å². The number of aromatic carboxylic acids is 2. The minimum absolute atomic E-state index is 0.0289. The van der Waals surface area contributed by atoms with E-state index in [0.29, 0.717) is 11.4 Å². The Kier molecular flexibility index (Phi) is 5.21. The molecule has 0 radical (unpaired) electrons. The molecule has 3 aromatic carbocycles. The number of hydrogen-bond donors (Lipinski definition) is 4. The molecule has 0 unspecified atom stereocenters. The predicted octanol–water partition coefficient (Wildman–Crippen LogP) is 4.85. The second-order valence-corrected chi connectivity index (χ2v) is 5.82. The predicted molar refractivity (Wildman–Crippen MR) is 99.7 cm³/mol. The monoisotopic (exact) mass is 384 g/mol. The summed E-state index contributed by atoms with van der Waals surface area (Å²) in [6, 6.07) is 12.7. The third kappa shape index (κ3) is 4.24. The van der Waals surface area contributed by atoms with Gasteiger partial charge in [-0.05, 0) is 60.7 Å². The van der Waals surface area contributed by atoms with Gasteiger partial charge in [-0.15, -0.1) is 0 Å². The maximum atomic E-state index is 13.1. The van der Waals surface area contributed by atoms with Gasteiger partial charge in [-0.25, -0.2) is 18.4 Å². The van der Waals surface area contributed by atoms with E-state index in [4.69, 9.17) is 0 Å². The van der Waals surface area contributed by atoms with E-state index in [1.165, 1.54) is 60.7 Å². The normalized spacial score (nSPS) is 10.4. The molecular formula is C20H14F2N2O4. The maximum Gasteiger partial charge on any atom is 0.337 e. The van der Waals surface area contributed by atoms with E-state index in [-0.39, 0.29) is 22.5 Å². The van der Waals surface area contributed by atoms with Crippen molar-refractivity contribution in [3.8, 4) is 0 Å². The first-order valence-corrected chi connectivity index (χ1v) is 8.03. The molecule has 0 heterocycles. The smallest absolute Gasteiger partial charge is 0.337 e. The first kappa shape index (κ1) is 18.8. The Morgan fingerprint density at radius 3 is 1.25 bits per heavy atom. The van der Waals surface area contributed by atoms with Crippen molar-refractivity contribution in [2.75, 3.05) is 10.6 Å². The molecule has 0 spiro atoms. The number of hydrogen-bond acceptors (Lipinski definition) is 4. The lowest BCUT2D eigenvalue weighted by molar-refractivity contribution is 0.0683. The van der Waals surface area contributed by atoms with Crippen molar-refractivity contribution >= 4 is 34.7 Å². The highest BCUT2D eigenvalue weighted by Crippen LogP contribution is 2.30. The van der Waals surface area contributed by atoms with Crippen molar-refractivity contribution in [3.63, 3.8) is 0 Å². The number of carbonyl (C=O) groups is 2. The minimum Gasteiger partial charge on any atom is -0.478 e. The quantitative estimate of drug-likeness (QED) is 0.485. The highest BCUT2D eigenvalue weighted by molar-refractivity contribution is 6.03. The summed E-state index contributed by atoms with van der Waals surface area (Å²) in [6.45, 7) is 0. The first-order chi connectivity index (χ1) is 13.3. The Balaban J connectivity index is 2.04. The molecule has 0 aliphatic heterocycles. The summed E-state index contributed by atoms with van der Waals surface area (Å²) in [5.41, 5.74) is 0.444. The highest BCUT2D eigenvalue weighted by Gasteiger charge is 2.19. The number of anilines is 4. The fourth-order valence-electron chi connectivity index (χ4n) is 2.54. The summed E-state index contributed by atoms with van der Waals surface area (Å²) >= 11 is 0. The lowest BCUT2D eigenvalue weighted by atomic mass is 10.0. The topological polar surface area (TPSA) is 98.7 Å². The van der Waals surface area contributed by atoms with Crippen molar-refractivity contribution in [2.24, 2.45) is 0 Å². The van der Waals surface area contributed by atoms with Gasteiger partial charge in [0.05, 0.1) is 22.5 Å². The average Bonchev–Trinajstić information content (AvgIpc) is 2.66. The van der Waals surface area contributed by atoms with E-state index in [2.05, 4.69) is 10.6 Å². The van der Waals surface area contributed by atoms with Crippen LogP contribution in [0.1, 0.15) is 20.7 Å². The number of nitrogens with one attached hydrogen (secondary N) is 2. The van der Waals surface area contributed by atoms with Crippen LogP contribution in [0.25, 0.3) is 0 Å². The number of rotatable bonds is 6. The van der Waals surface area contributed by atoms with Crippen molar-refractivity contribution in [1.29, 1.82) is 0 Å². The largest absolute Gasteiger partial charge is 0.478 e. The van der Waals surface area contributed by atoms with E-state index in [0.717, 1.165) is 0 Å². The highest BCUT2D eigenvalue weighted by atomic mass is 19.1. The number of halogens is 2. The molecule has 0 saturated carbocycles. The lowest BCUT2D eigenvalue weighted by Gasteiger charge is -2.15. The SMILES string of the molecule is O=C(O)c1cc(Nc2ccc(F)cc2)c(C(=O)O)cc1Nc1ccc(F)cc1. The van der Waals surface area contributed by atoms with Crippen LogP contribution in [0.3, 0.4) is 0 Å². The fraction of sp³-hybridized carbons (Fsp3) is 0. The van der Waals surface area contributed by atoms with Crippen LogP contribution in [-0.4, -0.2) is 22.2 Å². The van der Waals surface area contributed by atoms with Crippen LogP contribution in [-0.2, 0) is 0 Å². The van der Waals surface area contributed by atoms with Gasteiger partial charge in [-0.1, -0.05) is 0 Å². The third-order valence-electron chi connectivity index (χ3n) is 3.86. The van der Waals surface area contributed by atoms with Crippen LogP contribution in [0.2, 0.25) is 0 Å². The number of carboxylic acids is 2. The fourth-order valence-corrected chi connectivity index (χ4v) is 2.54. The summed E-state index contributed by atoms with van der Waals surface area (Å²) in [6.07, 6.45) is 0. The minimum atomic E-state index is -1.29. The van der Waals surface area contributed by atoms with Gasteiger partial charge >= 0.3 is 11.9 Å². The maximum absolute atomic E-state index is 13.1. The molecule has 8 heteroatoms. The molecule has 6 nitrogen and oxygen atoms in total. The number of benzene rings is 3. The Morgan fingerprint density at radius 2 is 0.964 bits per heavy atom. The van der Waals surface area contributed by atoms with Gasteiger partial charge in [-0.3, -0.25) is 0 Å². The molecule has 4 N–H and O–H groups in total. The molecule has 28 heavy (non-hydrogen) atoms.